The number of likely N-dealkylation sites (tertiary alicyclic amines) is 1. The first-order chi connectivity index (χ1) is 28.9. The predicted octanol–water partition coefficient (Wildman–Crippen LogP) is 2.49. The summed E-state index contributed by atoms with van der Waals surface area (Å²) in [5, 5.41) is 13.0. The van der Waals surface area contributed by atoms with Crippen molar-refractivity contribution in [3.8, 4) is 0 Å². The van der Waals surface area contributed by atoms with Crippen LogP contribution in [0.5, 0.6) is 0 Å². The van der Waals surface area contributed by atoms with Crippen LogP contribution in [0.3, 0.4) is 0 Å². The molecule has 3 aromatic carbocycles. The number of fused-ring (bicyclic) bond motifs is 2. The Morgan fingerprint density at radius 3 is 1.83 bits per heavy atom. The maximum Gasteiger partial charge on any atom is 0.243 e. The molecule has 6 atom stereocenters. The van der Waals surface area contributed by atoms with E-state index in [1.807, 2.05) is 92.0 Å². The van der Waals surface area contributed by atoms with Crippen molar-refractivity contribution in [3.05, 3.63) is 108 Å². The summed E-state index contributed by atoms with van der Waals surface area (Å²) in [6.45, 7) is 4.30. The molecule has 10 N–H and O–H groups in total. The minimum Gasteiger partial charge on any atom is -0.368 e. The number of hydrogen-bond donors (Lipinski definition) is 8. The lowest BCUT2D eigenvalue weighted by molar-refractivity contribution is -0.139. The Morgan fingerprint density at radius 2 is 1.25 bits per heavy atom. The molecule has 1 aliphatic heterocycles. The van der Waals surface area contributed by atoms with Crippen LogP contribution in [0.15, 0.2) is 91.3 Å². The highest BCUT2D eigenvalue weighted by Crippen LogP contribution is 2.26. The zero-order chi connectivity index (χ0) is 42.8. The molecule has 0 radical (unpaired) electrons. The lowest BCUT2D eigenvalue weighted by Crippen LogP contribution is -2.59. The van der Waals surface area contributed by atoms with Gasteiger partial charge in [-0.05, 0) is 67.5 Å². The number of nitrogens with two attached hydrogens (primary N) is 2. The number of carbonyl (C=O) groups is 6. The maximum atomic E-state index is 14.4. The topological polar surface area (TPSA) is 237 Å². The highest BCUT2D eigenvalue weighted by molar-refractivity contribution is 5.97. The highest BCUT2D eigenvalue weighted by atomic mass is 16.2. The summed E-state index contributed by atoms with van der Waals surface area (Å²) < 4.78 is 0. The second kappa shape index (κ2) is 20.0. The Hall–Kier alpha value is -6.48. The molecule has 2 aromatic heterocycles. The van der Waals surface area contributed by atoms with E-state index >= 15 is 0 Å². The smallest absolute Gasteiger partial charge is 0.243 e. The molecule has 6 rings (SSSR count). The number of H-pyrrole nitrogens is 2. The Bertz CT molecular complexity index is 2310. The quantitative estimate of drug-likeness (QED) is 0.0546. The normalized spacial score (nSPS) is 16.5. The minimum atomic E-state index is -1.21. The van der Waals surface area contributed by atoms with Crippen molar-refractivity contribution in [1.29, 1.82) is 0 Å². The van der Waals surface area contributed by atoms with Crippen molar-refractivity contribution < 1.29 is 28.8 Å². The van der Waals surface area contributed by atoms with Gasteiger partial charge in [0.05, 0.1) is 0 Å². The average molecular weight is 818 g/mol. The molecule has 0 spiro atoms. The minimum absolute atomic E-state index is 0.0360. The van der Waals surface area contributed by atoms with E-state index in [4.69, 9.17) is 11.5 Å². The SMILES string of the molecule is CC1CC(=O)N(C(Cc2c[nH]c3ccccc23)C(=O)NC(C)C(=O)NC(Cc2c[nH]c3ccccc23)C(=O)NC(Cc2ccccc2)C(=O)NC(CCCCN)C(N)=O)C1. The summed E-state index contributed by atoms with van der Waals surface area (Å²) in [7, 11) is 0. The van der Waals surface area contributed by atoms with E-state index in [0.717, 1.165) is 38.5 Å². The third-order valence-electron chi connectivity index (χ3n) is 11.1. The zero-order valence-corrected chi connectivity index (χ0v) is 34.0. The molecule has 3 heterocycles. The van der Waals surface area contributed by atoms with Crippen LogP contribution in [0.25, 0.3) is 21.8 Å². The second-order valence-electron chi connectivity index (χ2n) is 15.8. The van der Waals surface area contributed by atoms with Crippen LogP contribution in [0.2, 0.25) is 0 Å². The number of amides is 6. The van der Waals surface area contributed by atoms with E-state index in [-0.39, 0.29) is 37.5 Å². The Kier molecular flexibility index (Phi) is 14.4. The first-order valence-corrected chi connectivity index (χ1v) is 20.6. The van der Waals surface area contributed by atoms with Gasteiger partial charge in [0, 0.05) is 66.4 Å². The fourth-order valence-electron chi connectivity index (χ4n) is 7.86. The van der Waals surface area contributed by atoms with Gasteiger partial charge in [0.2, 0.25) is 35.4 Å². The number of unbranched alkanes of at least 4 members (excludes halogenated alkanes) is 1. The van der Waals surface area contributed by atoms with Crippen LogP contribution in [0.1, 0.15) is 56.2 Å². The third-order valence-corrected chi connectivity index (χ3v) is 11.1. The van der Waals surface area contributed by atoms with Gasteiger partial charge in [0.1, 0.15) is 30.2 Å². The number of benzene rings is 3. The number of para-hydroxylation sites is 2. The van der Waals surface area contributed by atoms with E-state index in [0.29, 0.717) is 32.4 Å². The molecular weight excluding hydrogens is 763 g/mol. The monoisotopic (exact) mass is 817 g/mol. The van der Waals surface area contributed by atoms with Gasteiger partial charge >= 0.3 is 0 Å². The number of nitrogens with zero attached hydrogens (tertiary/aromatic N) is 1. The summed E-state index contributed by atoms with van der Waals surface area (Å²) in [5.74, 6) is -3.21. The first kappa shape index (κ1) is 43.1. The maximum absolute atomic E-state index is 14.4. The molecule has 15 nitrogen and oxygen atoms in total. The van der Waals surface area contributed by atoms with Gasteiger partial charge in [-0.1, -0.05) is 73.7 Å². The number of primary amides is 1. The molecule has 6 amide bonds. The van der Waals surface area contributed by atoms with Gasteiger partial charge in [-0.2, -0.15) is 0 Å². The van der Waals surface area contributed by atoms with Crippen LogP contribution in [0.4, 0.5) is 0 Å². The van der Waals surface area contributed by atoms with Gasteiger partial charge in [-0.25, -0.2) is 0 Å². The van der Waals surface area contributed by atoms with Crippen molar-refractivity contribution in [2.75, 3.05) is 13.1 Å². The fraction of sp³-hybridized carbons (Fsp3) is 0.378. The largest absolute Gasteiger partial charge is 0.368 e. The van der Waals surface area contributed by atoms with Gasteiger partial charge in [-0.3, -0.25) is 28.8 Å². The summed E-state index contributed by atoms with van der Waals surface area (Å²) >= 11 is 0. The van der Waals surface area contributed by atoms with Gasteiger partial charge < -0.3 is 47.6 Å². The summed E-state index contributed by atoms with van der Waals surface area (Å²) in [4.78, 5) is 90.0. The Balaban J connectivity index is 1.23. The van der Waals surface area contributed by atoms with Crippen LogP contribution in [-0.4, -0.2) is 93.6 Å². The summed E-state index contributed by atoms with van der Waals surface area (Å²) in [6.07, 6.45) is 5.73. The van der Waals surface area contributed by atoms with Crippen molar-refractivity contribution in [2.45, 2.75) is 89.0 Å². The number of carbonyl (C=O) groups excluding carboxylic acids is 6. The number of aromatic nitrogens is 2. The van der Waals surface area contributed by atoms with E-state index in [9.17, 15) is 28.8 Å². The molecule has 1 aliphatic rings. The second-order valence-corrected chi connectivity index (χ2v) is 15.8. The Morgan fingerprint density at radius 1 is 0.700 bits per heavy atom. The van der Waals surface area contributed by atoms with Crippen LogP contribution >= 0.6 is 0 Å². The molecule has 1 saturated heterocycles. The van der Waals surface area contributed by atoms with Crippen LogP contribution in [0, 0.1) is 5.92 Å². The number of hydrogen-bond acceptors (Lipinski definition) is 7. The number of rotatable bonds is 20. The predicted molar refractivity (Wildman–Crippen MR) is 229 cm³/mol. The summed E-state index contributed by atoms with van der Waals surface area (Å²) in [6, 6.07) is 19.0. The molecule has 0 aliphatic carbocycles. The van der Waals surface area contributed by atoms with E-state index in [1.54, 1.807) is 11.1 Å². The van der Waals surface area contributed by atoms with Crippen LogP contribution in [-0.2, 0) is 48.0 Å². The number of aromatic amines is 2. The lowest BCUT2D eigenvalue weighted by Gasteiger charge is -2.29. The van der Waals surface area contributed by atoms with E-state index in [1.165, 1.54) is 6.92 Å². The lowest BCUT2D eigenvalue weighted by atomic mass is 10.0. The Labute approximate surface area is 348 Å². The van der Waals surface area contributed by atoms with Crippen molar-refractivity contribution in [2.24, 2.45) is 17.4 Å². The zero-order valence-electron chi connectivity index (χ0n) is 34.0. The molecule has 6 unspecified atom stereocenters. The summed E-state index contributed by atoms with van der Waals surface area (Å²) in [5.41, 5.74) is 15.4. The molecule has 15 heteroatoms. The van der Waals surface area contributed by atoms with Crippen LogP contribution < -0.4 is 32.7 Å². The molecule has 0 saturated carbocycles. The highest BCUT2D eigenvalue weighted by Gasteiger charge is 2.38. The molecular formula is C45H55N9O6. The molecule has 60 heavy (non-hydrogen) atoms. The van der Waals surface area contributed by atoms with Crippen molar-refractivity contribution in [3.63, 3.8) is 0 Å². The van der Waals surface area contributed by atoms with Crippen molar-refractivity contribution in [1.82, 2.24) is 36.1 Å². The fourth-order valence-corrected chi connectivity index (χ4v) is 7.86. The molecule has 0 bridgehead atoms. The van der Waals surface area contributed by atoms with Gasteiger partial charge in [0.25, 0.3) is 0 Å². The van der Waals surface area contributed by atoms with E-state index in [2.05, 4.69) is 31.2 Å². The molecule has 1 fully saturated rings. The number of nitrogens with one attached hydrogen (secondary N) is 6. The van der Waals surface area contributed by atoms with Crippen molar-refractivity contribution >= 4 is 57.2 Å². The first-order valence-electron chi connectivity index (χ1n) is 20.6. The van der Waals surface area contributed by atoms with Gasteiger partial charge in [0.15, 0.2) is 0 Å². The average Bonchev–Trinajstić information content (AvgIpc) is 3.94. The molecule has 316 valence electrons. The molecule has 5 aromatic rings. The third kappa shape index (κ3) is 10.8. The van der Waals surface area contributed by atoms with Gasteiger partial charge in [-0.15, -0.1) is 0 Å². The van der Waals surface area contributed by atoms with E-state index < -0.39 is 59.7 Å². The standard InChI is InChI=1S/C45H55N9O6/c1-27-20-40(55)54(26-27)39(23-31-25-49-35-17-9-7-15-33(31)35)45(60)50-28(2)42(57)52-38(22-30-24-48-34-16-8-6-14-32(30)34)44(59)53-37(21-29-12-4-3-5-13-29)43(58)51-36(41(47)56)18-10-11-19-46/h3-9,12-17,24-25,27-28,36-39,48-49H,10-11,18-23,26,46H2,1-2H3,(H2,47,56)(H,50,60)(H,51,58)(H,52,57)(H,53,59).